The highest BCUT2D eigenvalue weighted by molar-refractivity contribution is 5.60. The van der Waals surface area contributed by atoms with Crippen LogP contribution >= 0.6 is 0 Å². The Morgan fingerprint density at radius 3 is 2.00 bits per heavy atom. The van der Waals surface area contributed by atoms with Crippen molar-refractivity contribution in [3.63, 3.8) is 0 Å². The van der Waals surface area contributed by atoms with E-state index in [1.807, 2.05) is 36.4 Å². The molecule has 0 fully saturated rings. The Balaban J connectivity index is 1.79. The van der Waals surface area contributed by atoms with E-state index < -0.39 is 0 Å². The molecular formula is C21H22N6O. The van der Waals surface area contributed by atoms with Gasteiger partial charge in [-0.05, 0) is 61.4 Å². The number of benzene rings is 2. The average Bonchev–Trinajstić information content (AvgIpc) is 2.66. The summed E-state index contributed by atoms with van der Waals surface area (Å²) in [5, 5.41) is 9.36. The predicted molar refractivity (Wildman–Crippen MR) is 113 cm³/mol. The quantitative estimate of drug-likeness (QED) is 0.539. The Kier molecular flexibility index (Phi) is 5.92. The normalized spacial score (nSPS) is 10.1. The molecule has 142 valence electrons. The zero-order valence-electron chi connectivity index (χ0n) is 16.1. The summed E-state index contributed by atoms with van der Waals surface area (Å²) in [6, 6.07) is 13.6. The van der Waals surface area contributed by atoms with Gasteiger partial charge in [0.1, 0.15) is 12.4 Å². The average molecular weight is 374 g/mol. The first-order valence-corrected chi connectivity index (χ1v) is 8.78. The van der Waals surface area contributed by atoms with Crippen molar-refractivity contribution >= 4 is 29.2 Å². The lowest BCUT2D eigenvalue weighted by molar-refractivity contribution is 0.370. The molecule has 0 bridgehead atoms. The zero-order chi connectivity index (χ0) is 19.9. The Morgan fingerprint density at radius 1 is 0.857 bits per heavy atom. The van der Waals surface area contributed by atoms with E-state index in [9.17, 15) is 0 Å². The minimum absolute atomic E-state index is 0.235. The van der Waals surface area contributed by atoms with E-state index in [0.29, 0.717) is 23.6 Å². The molecular weight excluding hydrogens is 352 g/mol. The van der Waals surface area contributed by atoms with E-state index in [1.165, 1.54) is 0 Å². The lowest BCUT2D eigenvalue weighted by Crippen LogP contribution is -2.07. The fourth-order valence-electron chi connectivity index (χ4n) is 2.66. The van der Waals surface area contributed by atoms with Crippen molar-refractivity contribution in [1.82, 2.24) is 15.0 Å². The molecule has 0 saturated carbocycles. The zero-order valence-corrected chi connectivity index (χ0v) is 16.1. The predicted octanol–water partition coefficient (Wildman–Crippen LogP) is 4.03. The van der Waals surface area contributed by atoms with Crippen LogP contribution in [0.15, 0.2) is 42.5 Å². The molecule has 0 saturated heterocycles. The van der Waals surface area contributed by atoms with Crippen LogP contribution in [0.2, 0.25) is 0 Å². The molecule has 28 heavy (non-hydrogen) atoms. The number of rotatable bonds is 7. The minimum atomic E-state index is 0.235. The maximum absolute atomic E-state index is 5.38. The van der Waals surface area contributed by atoms with Crippen LogP contribution in [0.25, 0.3) is 0 Å². The second-order valence-corrected chi connectivity index (χ2v) is 6.20. The van der Waals surface area contributed by atoms with E-state index in [2.05, 4.69) is 56.7 Å². The summed E-state index contributed by atoms with van der Waals surface area (Å²) in [6.07, 6.45) is 5.20. The number of ether oxygens (including phenoxy) is 1. The van der Waals surface area contributed by atoms with Gasteiger partial charge < -0.3 is 20.7 Å². The molecule has 0 amide bonds. The molecule has 0 aliphatic rings. The smallest absolute Gasteiger partial charge is 0.233 e. The van der Waals surface area contributed by atoms with Gasteiger partial charge in [0.2, 0.25) is 17.8 Å². The van der Waals surface area contributed by atoms with E-state index >= 15 is 0 Å². The van der Waals surface area contributed by atoms with Crippen molar-refractivity contribution in [2.24, 2.45) is 0 Å². The van der Waals surface area contributed by atoms with Crippen LogP contribution in [0.5, 0.6) is 5.75 Å². The summed E-state index contributed by atoms with van der Waals surface area (Å²) in [7, 11) is 1.76. The van der Waals surface area contributed by atoms with Crippen molar-refractivity contribution in [3.8, 4) is 18.1 Å². The molecule has 0 spiro atoms. The molecule has 7 nitrogen and oxygen atoms in total. The molecule has 0 aliphatic carbocycles. The summed E-state index contributed by atoms with van der Waals surface area (Å²) < 4.78 is 5.38. The molecule has 7 heteroatoms. The number of terminal acetylenes is 1. The van der Waals surface area contributed by atoms with Gasteiger partial charge in [0.15, 0.2) is 0 Å². The Morgan fingerprint density at radius 2 is 1.43 bits per heavy atom. The maximum atomic E-state index is 5.38. The van der Waals surface area contributed by atoms with Crippen molar-refractivity contribution in [1.29, 1.82) is 0 Å². The SMILES string of the molecule is C#CCOc1ccc(Nc2nc(NC)nc(Nc3cc(C)cc(C)c3)n2)cc1. The third-order valence-electron chi connectivity index (χ3n) is 3.77. The topological polar surface area (TPSA) is 84.0 Å². The van der Waals surface area contributed by atoms with Gasteiger partial charge >= 0.3 is 0 Å². The van der Waals surface area contributed by atoms with Gasteiger partial charge in [-0.15, -0.1) is 6.42 Å². The van der Waals surface area contributed by atoms with Crippen molar-refractivity contribution in [3.05, 3.63) is 53.6 Å². The fourth-order valence-corrected chi connectivity index (χ4v) is 2.66. The molecule has 3 rings (SSSR count). The Bertz CT molecular complexity index is 975. The Labute approximate surface area is 164 Å². The van der Waals surface area contributed by atoms with Crippen LogP contribution in [-0.2, 0) is 0 Å². The Hall–Kier alpha value is -3.79. The summed E-state index contributed by atoms with van der Waals surface area (Å²) in [5.74, 6) is 4.46. The second kappa shape index (κ2) is 8.73. The summed E-state index contributed by atoms with van der Waals surface area (Å²) in [6.45, 7) is 4.34. The fraction of sp³-hybridized carbons (Fsp3) is 0.190. The van der Waals surface area contributed by atoms with Crippen LogP contribution < -0.4 is 20.7 Å². The van der Waals surface area contributed by atoms with Crippen LogP contribution in [0, 0.1) is 26.2 Å². The molecule has 0 unspecified atom stereocenters. The number of nitrogens with zero attached hydrogens (tertiary/aromatic N) is 3. The van der Waals surface area contributed by atoms with Gasteiger partial charge in [0, 0.05) is 18.4 Å². The lowest BCUT2D eigenvalue weighted by Gasteiger charge is -2.11. The standard InChI is InChI=1S/C21H22N6O/c1-5-10-28-18-8-6-16(7-9-18)23-20-25-19(22-4)26-21(27-20)24-17-12-14(2)11-15(3)13-17/h1,6-9,11-13H,10H2,2-4H3,(H3,22,23,24,25,26,27). The second-order valence-electron chi connectivity index (χ2n) is 6.20. The van der Waals surface area contributed by atoms with Crippen molar-refractivity contribution in [2.75, 3.05) is 29.6 Å². The molecule has 1 heterocycles. The molecule has 3 N–H and O–H groups in total. The molecule has 1 aromatic heterocycles. The monoisotopic (exact) mass is 374 g/mol. The van der Waals surface area contributed by atoms with Gasteiger partial charge in [0.25, 0.3) is 0 Å². The highest BCUT2D eigenvalue weighted by Crippen LogP contribution is 2.22. The van der Waals surface area contributed by atoms with E-state index in [0.717, 1.165) is 22.5 Å². The number of aryl methyl sites for hydroxylation is 2. The van der Waals surface area contributed by atoms with Crippen LogP contribution in [0.4, 0.5) is 29.2 Å². The summed E-state index contributed by atoms with van der Waals surface area (Å²) >= 11 is 0. The number of anilines is 5. The van der Waals surface area contributed by atoms with Gasteiger partial charge in [-0.1, -0.05) is 12.0 Å². The molecule has 0 aliphatic heterocycles. The first-order valence-electron chi connectivity index (χ1n) is 8.78. The van der Waals surface area contributed by atoms with Crippen LogP contribution in [0.1, 0.15) is 11.1 Å². The number of aromatic nitrogens is 3. The number of hydrogen-bond donors (Lipinski definition) is 3. The van der Waals surface area contributed by atoms with Crippen LogP contribution in [0.3, 0.4) is 0 Å². The first kappa shape index (κ1) is 19.0. The van der Waals surface area contributed by atoms with E-state index in [4.69, 9.17) is 11.2 Å². The largest absolute Gasteiger partial charge is 0.481 e. The van der Waals surface area contributed by atoms with Gasteiger partial charge in [-0.3, -0.25) is 0 Å². The molecule has 2 aromatic carbocycles. The molecule has 3 aromatic rings. The van der Waals surface area contributed by atoms with Crippen molar-refractivity contribution in [2.45, 2.75) is 13.8 Å². The van der Waals surface area contributed by atoms with E-state index in [1.54, 1.807) is 7.05 Å². The van der Waals surface area contributed by atoms with Gasteiger partial charge in [0.05, 0.1) is 0 Å². The third-order valence-corrected chi connectivity index (χ3v) is 3.77. The first-order chi connectivity index (χ1) is 13.6. The van der Waals surface area contributed by atoms with Crippen LogP contribution in [-0.4, -0.2) is 28.6 Å². The highest BCUT2D eigenvalue weighted by atomic mass is 16.5. The van der Waals surface area contributed by atoms with Crippen molar-refractivity contribution < 1.29 is 4.74 Å². The number of nitrogens with one attached hydrogen (secondary N) is 3. The minimum Gasteiger partial charge on any atom is -0.481 e. The van der Waals surface area contributed by atoms with Gasteiger partial charge in [-0.25, -0.2) is 0 Å². The molecule has 0 atom stereocenters. The van der Waals surface area contributed by atoms with Gasteiger partial charge in [-0.2, -0.15) is 15.0 Å². The van der Waals surface area contributed by atoms with E-state index in [-0.39, 0.29) is 6.61 Å². The summed E-state index contributed by atoms with van der Waals surface area (Å²) in [5.41, 5.74) is 4.07. The highest BCUT2D eigenvalue weighted by Gasteiger charge is 2.07. The summed E-state index contributed by atoms with van der Waals surface area (Å²) in [4.78, 5) is 13.2. The third kappa shape index (κ3) is 5.11. The number of hydrogen-bond acceptors (Lipinski definition) is 7. The molecule has 0 radical (unpaired) electrons. The maximum Gasteiger partial charge on any atom is 0.233 e. The lowest BCUT2D eigenvalue weighted by atomic mass is 10.1.